The summed E-state index contributed by atoms with van der Waals surface area (Å²) in [6, 6.07) is 18.8. The second-order valence-corrected chi connectivity index (χ2v) is 7.61. The monoisotopic (exact) mass is 426 g/mol. The maximum atomic E-state index is 12.2. The molecule has 1 atom stereocenters. The van der Waals surface area contributed by atoms with Gasteiger partial charge in [-0.15, -0.1) is 10.2 Å². The normalized spacial score (nSPS) is 14.8. The minimum absolute atomic E-state index is 0.0109. The van der Waals surface area contributed by atoms with E-state index in [1.54, 1.807) is 24.0 Å². The van der Waals surface area contributed by atoms with Crippen LogP contribution in [0.25, 0.3) is 11.1 Å². The Balaban J connectivity index is 1.71. The number of fused-ring (bicyclic) bond motifs is 1. The number of carbonyl (C=O) groups excluding carboxylic acids is 2. The number of benzene rings is 2. The molecule has 1 aliphatic rings. The fourth-order valence-electron chi connectivity index (χ4n) is 3.90. The highest BCUT2D eigenvalue weighted by Gasteiger charge is 2.28. The van der Waals surface area contributed by atoms with Crippen LogP contribution in [0.5, 0.6) is 0 Å². The molecule has 32 heavy (non-hydrogen) atoms. The quantitative estimate of drug-likeness (QED) is 0.655. The highest BCUT2D eigenvalue weighted by Crippen LogP contribution is 2.38. The smallest absolute Gasteiger partial charge is 0.223 e. The van der Waals surface area contributed by atoms with E-state index in [1.165, 1.54) is 6.92 Å². The van der Waals surface area contributed by atoms with E-state index < -0.39 is 0 Å². The van der Waals surface area contributed by atoms with Crippen LogP contribution < -0.4 is 15.5 Å². The molecule has 0 fully saturated rings. The standard InChI is InChI=1S/C24H22N6O2/c1-15(31)26-19-5-3-4-17(12-19)18-6-8-23-21(13-18)22(10-11-30(23)16(2)32)27-24-9-7-20(14-25)28-29-24/h3-9,12-13,22H,10-11H2,1-2H3,(H,26,31)(H,27,29)/t22-/m1/s1. The lowest BCUT2D eigenvalue weighted by Gasteiger charge is -2.34. The van der Waals surface area contributed by atoms with Gasteiger partial charge in [-0.2, -0.15) is 5.26 Å². The molecule has 1 aromatic heterocycles. The van der Waals surface area contributed by atoms with Gasteiger partial charge in [0.2, 0.25) is 11.8 Å². The second kappa shape index (κ2) is 8.86. The van der Waals surface area contributed by atoms with Gasteiger partial charge in [0.15, 0.2) is 5.69 Å². The Morgan fingerprint density at radius 1 is 1.06 bits per heavy atom. The molecular weight excluding hydrogens is 404 g/mol. The van der Waals surface area contributed by atoms with Gasteiger partial charge < -0.3 is 15.5 Å². The van der Waals surface area contributed by atoms with Crippen molar-refractivity contribution in [2.24, 2.45) is 0 Å². The summed E-state index contributed by atoms with van der Waals surface area (Å²) in [6.45, 7) is 3.62. The number of aromatic nitrogens is 2. The number of amides is 2. The lowest BCUT2D eigenvalue weighted by atomic mass is 9.92. The molecule has 8 heteroatoms. The molecule has 160 valence electrons. The van der Waals surface area contributed by atoms with Crippen molar-refractivity contribution in [2.45, 2.75) is 26.3 Å². The van der Waals surface area contributed by atoms with E-state index in [1.807, 2.05) is 42.5 Å². The highest BCUT2D eigenvalue weighted by molar-refractivity contribution is 5.94. The third-order valence-electron chi connectivity index (χ3n) is 5.33. The number of hydrogen-bond donors (Lipinski definition) is 2. The van der Waals surface area contributed by atoms with Gasteiger partial charge in [0.25, 0.3) is 0 Å². The first-order chi connectivity index (χ1) is 15.4. The largest absolute Gasteiger partial charge is 0.362 e. The molecule has 2 amide bonds. The minimum atomic E-state index is -0.127. The molecule has 0 bridgehead atoms. The first-order valence-corrected chi connectivity index (χ1v) is 10.2. The molecule has 1 aliphatic heterocycles. The third-order valence-corrected chi connectivity index (χ3v) is 5.33. The first kappa shape index (κ1) is 21.0. The van der Waals surface area contributed by atoms with Crippen molar-refractivity contribution >= 4 is 29.0 Å². The van der Waals surface area contributed by atoms with E-state index >= 15 is 0 Å². The van der Waals surface area contributed by atoms with E-state index in [0.717, 1.165) is 28.1 Å². The summed E-state index contributed by atoms with van der Waals surface area (Å²) in [5.74, 6) is 0.426. The topological polar surface area (TPSA) is 111 Å². The summed E-state index contributed by atoms with van der Waals surface area (Å²) in [6.07, 6.45) is 0.698. The summed E-state index contributed by atoms with van der Waals surface area (Å²) in [5, 5.41) is 23.1. The third kappa shape index (κ3) is 4.42. The minimum Gasteiger partial charge on any atom is -0.362 e. The number of nitriles is 1. The van der Waals surface area contributed by atoms with Gasteiger partial charge in [-0.25, -0.2) is 0 Å². The van der Waals surface area contributed by atoms with E-state index in [0.29, 0.717) is 18.8 Å². The zero-order valence-electron chi connectivity index (χ0n) is 17.8. The van der Waals surface area contributed by atoms with Crippen molar-refractivity contribution in [3.8, 4) is 17.2 Å². The number of anilines is 3. The van der Waals surface area contributed by atoms with Crippen molar-refractivity contribution in [1.82, 2.24) is 10.2 Å². The van der Waals surface area contributed by atoms with Gasteiger partial charge in [-0.05, 0) is 59.5 Å². The molecule has 0 radical (unpaired) electrons. The molecule has 3 aromatic rings. The zero-order chi connectivity index (χ0) is 22.7. The van der Waals surface area contributed by atoms with Crippen LogP contribution in [-0.2, 0) is 9.59 Å². The Hall–Kier alpha value is -4.25. The van der Waals surface area contributed by atoms with Gasteiger partial charge in [0, 0.05) is 31.8 Å². The molecule has 2 N–H and O–H groups in total. The average Bonchev–Trinajstić information content (AvgIpc) is 2.79. The van der Waals surface area contributed by atoms with Crippen molar-refractivity contribution < 1.29 is 9.59 Å². The van der Waals surface area contributed by atoms with Gasteiger partial charge in [0.1, 0.15) is 11.9 Å². The summed E-state index contributed by atoms with van der Waals surface area (Å²) in [5.41, 5.74) is 4.73. The fraction of sp³-hybridized carbons (Fsp3) is 0.208. The Morgan fingerprint density at radius 3 is 2.56 bits per heavy atom. The summed E-state index contributed by atoms with van der Waals surface area (Å²) >= 11 is 0. The Morgan fingerprint density at radius 2 is 1.88 bits per heavy atom. The molecule has 0 saturated carbocycles. The molecule has 8 nitrogen and oxygen atoms in total. The highest BCUT2D eigenvalue weighted by atomic mass is 16.2. The summed E-state index contributed by atoms with van der Waals surface area (Å²) in [7, 11) is 0. The van der Waals surface area contributed by atoms with Crippen molar-refractivity contribution in [2.75, 3.05) is 22.1 Å². The van der Waals surface area contributed by atoms with E-state index in [-0.39, 0.29) is 23.6 Å². The number of nitrogens with zero attached hydrogens (tertiary/aromatic N) is 4. The van der Waals surface area contributed by atoms with Crippen LogP contribution in [0.3, 0.4) is 0 Å². The van der Waals surface area contributed by atoms with Gasteiger partial charge in [-0.1, -0.05) is 18.2 Å². The van der Waals surface area contributed by atoms with Gasteiger partial charge in [-0.3, -0.25) is 9.59 Å². The summed E-state index contributed by atoms with van der Waals surface area (Å²) in [4.78, 5) is 25.4. The first-order valence-electron chi connectivity index (χ1n) is 10.2. The maximum absolute atomic E-state index is 12.2. The van der Waals surface area contributed by atoms with Crippen LogP contribution in [-0.4, -0.2) is 28.6 Å². The van der Waals surface area contributed by atoms with E-state index in [9.17, 15) is 9.59 Å². The predicted molar refractivity (Wildman–Crippen MR) is 122 cm³/mol. The van der Waals surface area contributed by atoms with E-state index in [4.69, 9.17) is 5.26 Å². The molecular formula is C24H22N6O2. The predicted octanol–water partition coefficient (Wildman–Crippen LogP) is 3.88. The van der Waals surface area contributed by atoms with E-state index in [2.05, 4.69) is 26.9 Å². The molecule has 2 aromatic carbocycles. The lowest BCUT2D eigenvalue weighted by molar-refractivity contribution is -0.116. The van der Waals surface area contributed by atoms with Crippen molar-refractivity contribution in [1.29, 1.82) is 5.26 Å². The van der Waals surface area contributed by atoms with Crippen molar-refractivity contribution in [3.05, 3.63) is 65.9 Å². The second-order valence-electron chi connectivity index (χ2n) is 7.61. The number of hydrogen-bond acceptors (Lipinski definition) is 6. The number of carbonyl (C=O) groups is 2. The molecule has 0 aliphatic carbocycles. The molecule has 0 saturated heterocycles. The molecule has 0 spiro atoms. The summed E-state index contributed by atoms with van der Waals surface area (Å²) < 4.78 is 0. The van der Waals surface area contributed by atoms with Crippen LogP contribution in [0.4, 0.5) is 17.2 Å². The van der Waals surface area contributed by atoms with Crippen LogP contribution in [0.2, 0.25) is 0 Å². The van der Waals surface area contributed by atoms with Gasteiger partial charge in [0.05, 0.1) is 6.04 Å². The Bertz CT molecular complexity index is 1220. The molecule has 2 heterocycles. The van der Waals surface area contributed by atoms with Crippen LogP contribution in [0, 0.1) is 11.3 Å². The zero-order valence-corrected chi connectivity index (χ0v) is 17.8. The molecule has 0 unspecified atom stereocenters. The van der Waals surface area contributed by atoms with Gasteiger partial charge >= 0.3 is 0 Å². The fourth-order valence-corrected chi connectivity index (χ4v) is 3.90. The van der Waals surface area contributed by atoms with Crippen molar-refractivity contribution in [3.63, 3.8) is 0 Å². The Kier molecular flexibility index (Phi) is 5.81. The Labute approximate surface area is 185 Å². The molecule has 4 rings (SSSR count). The lowest BCUT2D eigenvalue weighted by Crippen LogP contribution is -2.36. The maximum Gasteiger partial charge on any atom is 0.223 e. The van der Waals surface area contributed by atoms with Crippen LogP contribution >= 0.6 is 0 Å². The SMILES string of the molecule is CC(=O)Nc1cccc(-c2ccc3c(c2)[C@H](Nc2ccc(C#N)nn2)CCN3C(C)=O)c1. The average molecular weight is 426 g/mol. The van der Waals surface area contributed by atoms with Crippen LogP contribution in [0.1, 0.15) is 37.6 Å². The number of rotatable bonds is 4. The van der Waals surface area contributed by atoms with Crippen LogP contribution in [0.15, 0.2) is 54.6 Å². The number of nitrogens with one attached hydrogen (secondary N) is 2.